The van der Waals surface area contributed by atoms with Crippen LogP contribution in [0.2, 0.25) is 5.02 Å². The molecule has 0 radical (unpaired) electrons. The summed E-state index contributed by atoms with van der Waals surface area (Å²) in [5.41, 5.74) is -0.636. The van der Waals surface area contributed by atoms with Gasteiger partial charge in [0.1, 0.15) is 12.1 Å². The third-order valence-electron chi connectivity index (χ3n) is 4.29. The van der Waals surface area contributed by atoms with E-state index in [1.807, 2.05) is 0 Å². The van der Waals surface area contributed by atoms with Crippen molar-refractivity contribution in [1.82, 2.24) is 10.0 Å². The van der Waals surface area contributed by atoms with E-state index in [9.17, 15) is 29.3 Å². The van der Waals surface area contributed by atoms with Crippen molar-refractivity contribution >= 4 is 40.8 Å². The minimum atomic E-state index is -0.997. The number of nitrogens with zero attached hydrogens (tertiary/aromatic N) is 3. The number of para-hydroxylation sites is 1. The quantitative estimate of drug-likeness (QED) is 0.310. The van der Waals surface area contributed by atoms with Gasteiger partial charge in [0.2, 0.25) is 11.8 Å². The van der Waals surface area contributed by atoms with Gasteiger partial charge in [0.15, 0.2) is 5.78 Å². The third-order valence-corrected chi connectivity index (χ3v) is 4.54. The first-order valence-corrected chi connectivity index (χ1v) is 8.87. The van der Waals surface area contributed by atoms with Crippen LogP contribution >= 0.6 is 11.6 Å². The maximum atomic E-state index is 13.1. The van der Waals surface area contributed by atoms with Gasteiger partial charge in [-0.1, -0.05) is 23.7 Å². The molecule has 10 heteroatoms. The van der Waals surface area contributed by atoms with E-state index in [1.165, 1.54) is 42.5 Å². The predicted octanol–water partition coefficient (Wildman–Crippen LogP) is 2.64. The van der Waals surface area contributed by atoms with E-state index < -0.39 is 40.7 Å². The van der Waals surface area contributed by atoms with Gasteiger partial charge in [0.05, 0.1) is 4.92 Å². The molecule has 0 aliphatic carbocycles. The van der Waals surface area contributed by atoms with Crippen molar-refractivity contribution in [3.8, 4) is 0 Å². The van der Waals surface area contributed by atoms with Crippen molar-refractivity contribution in [2.45, 2.75) is 12.8 Å². The Kier molecular flexibility index (Phi) is 5.69. The average Bonchev–Trinajstić information content (AvgIpc) is 3.04. The number of imide groups is 1. The Morgan fingerprint density at radius 1 is 1.03 bits per heavy atom. The zero-order valence-electron chi connectivity index (χ0n) is 14.9. The van der Waals surface area contributed by atoms with Crippen LogP contribution in [0.3, 0.4) is 0 Å². The van der Waals surface area contributed by atoms with Gasteiger partial charge in [-0.25, -0.2) is 5.01 Å². The Bertz CT molecular complexity index is 1000. The molecule has 2 aromatic carbocycles. The number of Topliss-reactive ketones (excluding diaryl/α,β-unsaturated/α-hetero) is 1. The number of nitro benzene ring substituents is 1. The molecule has 0 bridgehead atoms. The second-order valence-electron chi connectivity index (χ2n) is 6.17. The lowest BCUT2D eigenvalue weighted by Crippen LogP contribution is -2.51. The number of rotatable bonds is 6. The number of ketones is 1. The third kappa shape index (κ3) is 4.14. The van der Waals surface area contributed by atoms with E-state index in [-0.39, 0.29) is 24.0 Å². The largest absolute Gasteiger partial charge is 0.292 e. The summed E-state index contributed by atoms with van der Waals surface area (Å²) in [6.07, 6.45) is -0.233. The van der Waals surface area contributed by atoms with Crippen molar-refractivity contribution < 1.29 is 24.1 Å². The van der Waals surface area contributed by atoms with Crippen LogP contribution in [-0.2, 0) is 9.59 Å². The first-order chi connectivity index (χ1) is 13.8. The van der Waals surface area contributed by atoms with E-state index in [1.54, 1.807) is 0 Å². The lowest BCUT2D eigenvalue weighted by molar-refractivity contribution is -0.385. The predicted molar refractivity (Wildman–Crippen MR) is 101 cm³/mol. The van der Waals surface area contributed by atoms with Gasteiger partial charge in [-0.3, -0.25) is 29.3 Å². The van der Waals surface area contributed by atoms with Crippen LogP contribution in [0.5, 0.6) is 0 Å². The second-order valence-corrected chi connectivity index (χ2v) is 6.60. The molecule has 2 aromatic rings. The summed E-state index contributed by atoms with van der Waals surface area (Å²) >= 11 is 5.80. The van der Waals surface area contributed by atoms with Gasteiger partial charge < -0.3 is 0 Å². The summed E-state index contributed by atoms with van der Waals surface area (Å²) < 4.78 is 0. The Labute approximate surface area is 169 Å². The molecule has 1 aliphatic heterocycles. The molecule has 0 saturated carbocycles. The van der Waals surface area contributed by atoms with Gasteiger partial charge in [-0.2, -0.15) is 5.01 Å². The number of amides is 3. The molecule has 148 valence electrons. The zero-order chi connectivity index (χ0) is 21.1. The highest BCUT2D eigenvalue weighted by Crippen LogP contribution is 2.24. The fraction of sp³-hybridized carbons (Fsp3) is 0.158. The van der Waals surface area contributed by atoms with Crippen LogP contribution in [0.25, 0.3) is 0 Å². The van der Waals surface area contributed by atoms with Crippen LogP contribution in [0.15, 0.2) is 48.5 Å². The summed E-state index contributed by atoms with van der Waals surface area (Å²) in [5.74, 6) is -2.89. The summed E-state index contributed by atoms with van der Waals surface area (Å²) in [7, 11) is 0. The number of carbonyl (C=O) groups excluding carboxylic acids is 4. The lowest BCUT2D eigenvalue weighted by atomic mass is 10.1. The number of halogens is 1. The highest BCUT2D eigenvalue weighted by atomic mass is 35.5. The Balaban J connectivity index is 2.00. The molecule has 0 unspecified atom stereocenters. The molecule has 0 atom stereocenters. The van der Waals surface area contributed by atoms with E-state index in [0.717, 1.165) is 6.07 Å². The van der Waals surface area contributed by atoms with Gasteiger partial charge in [-0.15, -0.1) is 0 Å². The minimum absolute atomic E-state index is 0.116. The molecule has 1 saturated heterocycles. The molecule has 29 heavy (non-hydrogen) atoms. The smallest absolute Gasteiger partial charge is 0.282 e. The summed E-state index contributed by atoms with van der Waals surface area (Å²) in [4.78, 5) is 60.7. The van der Waals surface area contributed by atoms with Crippen molar-refractivity contribution in [2.75, 3.05) is 6.54 Å². The lowest BCUT2D eigenvalue weighted by Gasteiger charge is -2.29. The van der Waals surface area contributed by atoms with Crippen molar-refractivity contribution in [3.63, 3.8) is 0 Å². The molecular weight excluding hydrogens is 402 g/mol. The standard InChI is InChI=1S/C19H14ClN3O6/c20-13-7-5-12(6-8-13)16(24)11-21(22-17(25)9-10-18(22)26)19(27)14-3-1-2-4-15(14)23(28)29/h1-8H,9-11H2. The SMILES string of the molecule is O=C(CN(C(=O)c1ccccc1[N+](=O)[O-])N1C(=O)CCC1=O)c1ccc(Cl)cc1. The van der Waals surface area contributed by atoms with Crippen LogP contribution in [0.4, 0.5) is 5.69 Å². The minimum Gasteiger partial charge on any atom is -0.292 e. The van der Waals surface area contributed by atoms with Crippen LogP contribution in [0.1, 0.15) is 33.6 Å². The number of hydrogen-bond acceptors (Lipinski definition) is 6. The average molecular weight is 416 g/mol. The molecule has 0 aromatic heterocycles. The molecule has 0 N–H and O–H groups in total. The molecule has 0 spiro atoms. The van der Waals surface area contributed by atoms with E-state index in [4.69, 9.17) is 11.6 Å². The summed E-state index contributed by atoms with van der Waals surface area (Å²) in [5, 5.41) is 12.9. The number of carbonyl (C=O) groups is 4. The van der Waals surface area contributed by atoms with Crippen LogP contribution < -0.4 is 0 Å². The summed E-state index contributed by atoms with van der Waals surface area (Å²) in [6.45, 7) is -0.649. The fourth-order valence-corrected chi connectivity index (χ4v) is 3.01. The summed E-state index contributed by atoms with van der Waals surface area (Å²) in [6, 6.07) is 10.9. The van der Waals surface area contributed by atoms with Crippen LogP contribution in [0, 0.1) is 10.1 Å². The number of hydrazine groups is 1. The van der Waals surface area contributed by atoms with Crippen molar-refractivity contribution in [2.24, 2.45) is 0 Å². The molecule has 1 aliphatic rings. The highest BCUT2D eigenvalue weighted by Gasteiger charge is 2.39. The van der Waals surface area contributed by atoms with Crippen molar-refractivity contribution in [1.29, 1.82) is 0 Å². The molecule has 3 rings (SSSR count). The topological polar surface area (TPSA) is 118 Å². The maximum Gasteiger partial charge on any atom is 0.282 e. The van der Waals surface area contributed by atoms with E-state index in [0.29, 0.717) is 15.0 Å². The Morgan fingerprint density at radius 2 is 1.62 bits per heavy atom. The Morgan fingerprint density at radius 3 is 2.21 bits per heavy atom. The van der Waals surface area contributed by atoms with Crippen LogP contribution in [-0.4, -0.2) is 45.0 Å². The van der Waals surface area contributed by atoms with Gasteiger partial charge >= 0.3 is 0 Å². The molecule has 3 amide bonds. The normalized spacial score (nSPS) is 13.5. The number of hydrogen-bond donors (Lipinski definition) is 0. The highest BCUT2D eigenvalue weighted by molar-refractivity contribution is 6.30. The monoisotopic (exact) mass is 415 g/mol. The molecule has 9 nitrogen and oxygen atoms in total. The Hall–Kier alpha value is -3.59. The van der Waals surface area contributed by atoms with Crippen molar-refractivity contribution in [3.05, 3.63) is 74.8 Å². The van der Waals surface area contributed by atoms with Gasteiger partial charge in [0, 0.05) is 29.5 Å². The number of nitro groups is 1. The first kappa shape index (κ1) is 20.2. The molecular formula is C19H14ClN3O6. The van der Waals surface area contributed by atoms with E-state index >= 15 is 0 Å². The molecule has 1 heterocycles. The second kappa shape index (κ2) is 8.19. The van der Waals surface area contributed by atoms with Gasteiger partial charge in [0.25, 0.3) is 11.6 Å². The van der Waals surface area contributed by atoms with Gasteiger partial charge in [-0.05, 0) is 30.3 Å². The fourth-order valence-electron chi connectivity index (χ4n) is 2.88. The van der Waals surface area contributed by atoms with E-state index in [2.05, 4.69) is 0 Å². The maximum absolute atomic E-state index is 13.1. The molecule has 1 fully saturated rings. The number of benzene rings is 2. The first-order valence-electron chi connectivity index (χ1n) is 8.49. The zero-order valence-corrected chi connectivity index (χ0v) is 15.7.